The molecule has 0 unspecified atom stereocenters. The predicted molar refractivity (Wildman–Crippen MR) is 129 cm³/mol. The van der Waals surface area contributed by atoms with Gasteiger partial charge in [-0.15, -0.1) is 0 Å². The highest BCUT2D eigenvalue weighted by Gasteiger charge is 2.17. The van der Waals surface area contributed by atoms with Crippen molar-refractivity contribution in [1.82, 2.24) is 9.55 Å². The average molecular weight is 460 g/mol. The summed E-state index contributed by atoms with van der Waals surface area (Å²) in [5.41, 5.74) is 2.60. The van der Waals surface area contributed by atoms with Gasteiger partial charge in [0.25, 0.3) is 5.56 Å². The molecule has 0 bridgehead atoms. The molecule has 0 atom stereocenters. The van der Waals surface area contributed by atoms with Gasteiger partial charge in [0.1, 0.15) is 0 Å². The number of thioether (sulfide) groups is 1. The lowest BCUT2D eigenvalue weighted by molar-refractivity contribution is -0.113. The topological polar surface area (TPSA) is 90.3 Å². The molecule has 166 valence electrons. The van der Waals surface area contributed by atoms with Gasteiger partial charge in [-0.2, -0.15) is 0 Å². The fraction of sp³-hybridized carbons (Fsp3) is 0.120. The smallest absolute Gasteiger partial charge is 0.339 e. The Bertz CT molecular complexity index is 1410. The van der Waals surface area contributed by atoms with E-state index in [1.807, 2.05) is 37.3 Å². The molecule has 0 radical (unpaired) electrons. The number of para-hydroxylation sites is 3. The van der Waals surface area contributed by atoms with Crippen LogP contribution in [0.15, 0.2) is 82.7 Å². The molecule has 0 saturated heterocycles. The van der Waals surface area contributed by atoms with Crippen LogP contribution in [0.3, 0.4) is 0 Å². The Balaban J connectivity index is 1.66. The number of esters is 1. The van der Waals surface area contributed by atoms with Crippen molar-refractivity contribution in [2.75, 3.05) is 18.2 Å². The van der Waals surface area contributed by atoms with Crippen molar-refractivity contribution < 1.29 is 14.3 Å². The Morgan fingerprint density at radius 1 is 1.00 bits per heavy atom. The van der Waals surface area contributed by atoms with Crippen LogP contribution < -0.4 is 10.9 Å². The molecule has 33 heavy (non-hydrogen) atoms. The second-order valence-corrected chi connectivity index (χ2v) is 8.16. The highest BCUT2D eigenvalue weighted by Crippen LogP contribution is 2.24. The number of anilines is 1. The molecule has 8 heteroatoms. The molecule has 7 nitrogen and oxygen atoms in total. The van der Waals surface area contributed by atoms with E-state index >= 15 is 0 Å². The first-order chi connectivity index (χ1) is 16.0. The highest BCUT2D eigenvalue weighted by molar-refractivity contribution is 7.99. The maximum atomic E-state index is 13.3. The standard InChI is InChI=1S/C25H21N3O4S/c1-16-9-3-8-14-21(16)28-23(30)17-10-4-6-12-19(17)27-25(28)33-15-22(29)26-20-13-7-5-11-18(20)24(31)32-2/h3-14H,15H2,1-2H3,(H,26,29). The first-order valence-electron chi connectivity index (χ1n) is 10.2. The number of rotatable bonds is 6. The molecule has 0 aliphatic heterocycles. The minimum Gasteiger partial charge on any atom is -0.465 e. The molecular formula is C25H21N3O4S. The fourth-order valence-corrected chi connectivity index (χ4v) is 4.24. The molecule has 1 heterocycles. The van der Waals surface area contributed by atoms with E-state index < -0.39 is 5.97 Å². The highest BCUT2D eigenvalue weighted by atomic mass is 32.2. The van der Waals surface area contributed by atoms with Crippen LogP contribution in [0.1, 0.15) is 15.9 Å². The molecule has 0 spiro atoms. The minimum absolute atomic E-state index is 0.00777. The van der Waals surface area contributed by atoms with Crippen molar-refractivity contribution in [2.45, 2.75) is 12.1 Å². The van der Waals surface area contributed by atoms with E-state index in [0.29, 0.717) is 27.4 Å². The van der Waals surface area contributed by atoms with Gasteiger partial charge in [-0.1, -0.05) is 54.2 Å². The zero-order valence-electron chi connectivity index (χ0n) is 18.1. The summed E-state index contributed by atoms with van der Waals surface area (Å²) in [6, 6.07) is 21.3. The first kappa shape index (κ1) is 22.3. The lowest BCUT2D eigenvalue weighted by atomic mass is 10.2. The monoisotopic (exact) mass is 459 g/mol. The van der Waals surface area contributed by atoms with E-state index in [4.69, 9.17) is 4.74 Å². The van der Waals surface area contributed by atoms with Gasteiger partial charge in [-0.3, -0.25) is 14.2 Å². The van der Waals surface area contributed by atoms with Crippen LogP contribution in [-0.4, -0.2) is 34.3 Å². The number of methoxy groups -OCH3 is 1. The summed E-state index contributed by atoms with van der Waals surface area (Å²) in [4.78, 5) is 42.7. The molecule has 0 aliphatic rings. The van der Waals surface area contributed by atoms with Gasteiger partial charge in [0, 0.05) is 0 Å². The largest absolute Gasteiger partial charge is 0.465 e. The SMILES string of the molecule is COC(=O)c1ccccc1NC(=O)CSc1nc2ccccc2c(=O)n1-c1ccccc1C. The Kier molecular flexibility index (Phi) is 6.55. The second-order valence-electron chi connectivity index (χ2n) is 7.21. The van der Waals surface area contributed by atoms with E-state index in [2.05, 4.69) is 10.3 Å². The normalized spacial score (nSPS) is 10.7. The lowest BCUT2D eigenvalue weighted by Crippen LogP contribution is -2.23. The number of nitrogens with one attached hydrogen (secondary N) is 1. The number of aromatic nitrogens is 2. The number of hydrogen-bond donors (Lipinski definition) is 1. The van der Waals surface area contributed by atoms with Crippen LogP contribution in [0.5, 0.6) is 0 Å². The molecule has 4 aromatic rings. The van der Waals surface area contributed by atoms with Gasteiger partial charge in [-0.05, 0) is 42.8 Å². The van der Waals surface area contributed by atoms with Crippen molar-refractivity contribution in [1.29, 1.82) is 0 Å². The van der Waals surface area contributed by atoms with E-state index in [0.717, 1.165) is 17.3 Å². The zero-order valence-corrected chi connectivity index (χ0v) is 18.9. The summed E-state index contributed by atoms with van der Waals surface area (Å²) < 4.78 is 6.31. The quantitative estimate of drug-likeness (QED) is 0.264. The molecular weight excluding hydrogens is 438 g/mol. The third-order valence-electron chi connectivity index (χ3n) is 5.04. The molecule has 0 fully saturated rings. The molecule has 0 aliphatic carbocycles. The molecule has 3 aromatic carbocycles. The van der Waals surface area contributed by atoms with Crippen molar-refractivity contribution in [3.63, 3.8) is 0 Å². The number of benzene rings is 3. The van der Waals surface area contributed by atoms with E-state index in [9.17, 15) is 14.4 Å². The van der Waals surface area contributed by atoms with Crippen LogP contribution in [0.2, 0.25) is 0 Å². The predicted octanol–water partition coefficient (Wildman–Crippen LogP) is 4.21. The maximum absolute atomic E-state index is 13.3. The van der Waals surface area contributed by atoms with Crippen LogP contribution in [0.25, 0.3) is 16.6 Å². The van der Waals surface area contributed by atoms with Crippen LogP contribution in [-0.2, 0) is 9.53 Å². The fourth-order valence-electron chi connectivity index (χ4n) is 3.43. The molecule has 0 saturated carbocycles. The number of aryl methyl sites for hydroxylation is 1. The van der Waals surface area contributed by atoms with Gasteiger partial charge in [0.05, 0.1) is 40.7 Å². The van der Waals surface area contributed by atoms with Gasteiger partial charge < -0.3 is 10.1 Å². The van der Waals surface area contributed by atoms with Crippen molar-refractivity contribution >= 4 is 40.2 Å². The van der Waals surface area contributed by atoms with Crippen molar-refractivity contribution in [2.24, 2.45) is 0 Å². The Morgan fingerprint density at radius 3 is 2.48 bits per heavy atom. The number of fused-ring (bicyclic) bond motifs is 1. The number of hydrogen-bond acceptors (Lipinski definition) is 6. The van der Waals surface area contributed by atoms with Crippen LogP contribution in [0.4, 0.5) is 5.69 Å². The number of amides is 1. The first-order valence-corrected chi connectivity index (χ1v) is 11.2. The molecule has 1 N–H and O–H groups in total. The third kappa shape index (κ3) is 4.65. The summed E-state index contributed by atoms with van der Waals surface area (Å²) in [5, 5.41) is 3.65. The number of carbonyl (C=O) groups excluding carboxylic acids is 2. The Hall–Kier alpha value is -3.91. The summed E-state index contributed by atoms with van der Waals surface area (Å²) in [6.45, 7) is 1.92. The summed E-state index contributed by atoms with van der Waals surface area (Å²) in [7, 11) is 1.28. The van der Waals surface area contributed by atoms with Crippen molar-refractivity contribution in [3.05, 3.63) is 94.3 Å². The Morgan fingerprint density at radius 2 is 1.70 bits per heavy atom. The van der Waals surface area contributed by atoms with Crippen LogP contribution >= 0.6 is 11.8 Å². The number of nitrogens with zero attached hydrogens (tertiary/aromatic N) is 2. The third-order valence-corrected chi connectivity index (χ3v) is 5.98. The summed E-state index contributed by atoms with van der Waals surface area (Å²) in [5.74, 6) is -0.884. The number of carbonyl (C=O) groups is 2. The lowest BCUT2D eigenvalue weighted by Gasteiger charge is -2.15. The van der Waals surface area contributed by atoms with Crippen LogP contribution in [0, 0.1) is 6.92 Å². The van der Waals surface area contributed by atoms with Gasteiger partial charge >= 0.3 is 5.97 Å². The number of ether oxygens (including phenoxy) is 1. The van der Waals surface area contributed by atoms with Gasteiger partial charge in [0.2, 0.25) is 5.91 Å². The molecule has 1 aromatic heterocycles. The van der Waals surface area contributed by atoms with Crippen molar-refractivity contribution in [3.8, 4) is 5.69 Å². The average Bonchev–Trinajstić information content (AvgIpc) is 2.83. The molecule has 4 rings (SSSR count). The van der Waals surface area contributed by atoms with Gasteiger partial charge in [-0.25, -0.2) is 9.78 Å². The second kappa shape index (κ2) is 9.70. The van der Waals surface area contributed by atoms with Gasteiger partial charge in [0.15, 0.2) is 5.16 Å². The summed E-state index contributed by atoms with van der Waals surface area (Å²) in [6.07, 6.45) is 0. The summed E-state index contributed by atoms with van der Waals surface area (Å²) >= 11 is 1.15. The van der Waals surface area contributed by atoms with E-state index in [1.54, 1.807) is 42.5 Å². The Labute approximate surface area is 194 Å². The molecule has 1 amide bonds. The van der Waals surface area contributed by atoms with E-state index in [-0.39, 0.29) is 22.8 Å². The van der Waals surface area contributed by atoms with E-state index in [1.165, 1.54) is 11.7 Å². The minimum atomic E-state index is -0.539. The maximum Gasteiger partial charge on any atom is 0.339 e. The zero-order chi connectivity index (χ0) is 23.4.